The molecule has 0 amide bonds. The molecule has 2 aliphatic carbocycles. The molecule has 19 heavy (non-hydrogen) atoms. The van der Waals surface area contributed by atoms with Gasteiger partial charge in [0.15, 0.2) is 12.8 Å². The second-order valence-electron chi connectivity index (χ2n) is 7.19. The molecule has 1 spiro atoms. The summed E-state index contributed by atoms with van der Waals surface area (Å²) >= 11 is 2.51. The van der Waals surface area contributed by atoms with E-state index in [9.17, 15) is 0 Å². The highest BCUT2D eigenvalue weighted by Gasteiger charge is 2.59. The van der Waals surface area contributed by atoms with Gasteiger partial charge in [-0.3, -0.25) is 4.90 Å². The van der Waals surface area contributed by atoms with Gasteiger partial charge in [-0.05, 0) is 51.1 Å². The third kappa shape index (κ3) is 2.11. The molecule has 3 heteroatoms. The number of likely N-dealkylation sites (tertiary alicyclic amines) is 1. The minimum absolute atomic E-state index is 0.608. The van der Waals surface area contributed by atoms with Crippen molar-refractivity contribution in [2.45, 2.75) is 32.1 Å². The van der Waals surface area contributed by atoms with Crippen LogP contribution in [-0.2, 0) is 0 Å². The summed E-state index contributed by atoms with van der Waals surface area (Å²) in [6, 6.07) is 0. The average Bonchev–Trinajstić information content (AvgIpc) is 2.95. The van der Waals surface area contributed by atoms with Crippen molar-refractivity contribution in [3.8, 4) is 0 Å². The molecule has 2 fully saturated rings. The maximum atomic E-state index is 2.63. The quantitative estimate of drug-likeness (QED) is 0.238. The third-order valence-electron chi connectivity index (χ3n) is 5.72. The molecule has 0 aromatic carbocycles. The van der Waals surface area contributed by atoms with E-state index in [0.29, 0.717) is 5.41 Å². The van der Waals surface area contributed by atoms with Crippen molar-refractivity contribution < 1.29 is 4.58 Å². The van der Waals surface area contributed by atoms with Crippen LogP contribution in [0.1, 0.15) is 32.1 Å². The Hall–Kier alpha value is 0.1000. The van der Waals surface area contributed by atoms with Gasteiger partial charge < -0.3 is 0 Å². The van der Waals surface area contributed by atoms with E-state index in [0.717, 1.165) is 11.8 Å². The molecule has 0 aromatic heterocycles. The Kier molecular flexibility index (Phi) is 3.07. The van der Waals surface area contributed by atoms with Crippen LogP contribution in [0.5, 0.6) is 0 Å². The Bertz CT molecular complexity index is 467. The monoisotopic (exact) mass is 371 g/mol. The Balaban J connectivity index is 1.42. The number of fused-ring (bicyclic) bond motifs is 1. The summed E-state index contributed by atoms with van der Waals surface area (Å²) in [5.74, 6) is 1.89. The number of nitrogens with zero attached hydrogens (tertiary/aromatic N) is 2. The zero-order chi connectivity index (χ0) is 13.0. The van der Waals surface area contributed by atoms with Crippen LogP contribution in [0.15, 0.2) is 11.1 Å². The minimum Gasteiger partial charge on any atom is -0.294 e. The lowest BCUT2D eigenvalue weighted by atomic mass is 9.78. The van der Waals surface area contributed by atoms with E-state index in [1.54, 1.807) is 0 Å². The average molecular weight is 371 g/mol. The van der Waals surface area contributed by atoms with Gasteiger partial charge >= 0.3 is 0 Å². The van der Waals surface area contributed by atoms with Crippen LogP contribution < -0.4 is 0 Å². The highest BCUT2D eigenvalue weighted by molar-refractivity contribution is 14.1. The smallest absolute Gasteiger partial charge is 0.157 e. The zero-order valence-corrected chi connectivity index (χ0v) is 14.0. The third-order valence-corrected chi connectivity index (χ3v) is 6.69. The van der Waals surface area contributed by atoms with E-state index < -0.39 is 0 Å². The summed E-state index contributed by atoms with van der Waals surface area (Å²) in [5.41, 5.74) is 4.41. The molecule has 0 N–H and O–H groups in total. The van der Waals surface area contributed by atoms with E-state index in [4.69, 9.17) is 0 Å². The molecule has 2 aliphatic heterocycles. The van der Waals surface area contributed by atoms with Gasteiger partial charge in [0.1, 0.15) is 12.5 Å². The van der Waals surface area contributed by atoms with E-state index in [2.05, 4.69) is 45.3 Å². The number of halogens is 1. The molecule has 0 radical (unpaired) electrons. The van der Waals surface area contributed by atoms with Crippen LogP contribution >= 0.6 is 22.6 Å². The fourth-order valence-electron chi connectivity index (χ4n) is 4.95. The fraction of sp³-hybridized carbons (Fsp3) is 0.812. The summed E-state index contributed by atoms with van der Waals surface area (Å²) in [4.78, 5) is 2.63. The van der Waals surface area contributed by atoms with Crippen molar-refractivity contribution >= 4 is 28.8 Å². The molecule has 3 atom stereocenters. The van der Waals surface area contributed by atoms with Crippen LogP contribution in [-0.4, -0.2) is 46.9 Å². The van der Waals surface area contributed by atoms with Gasteiger partial charge in [-0.2, -0.15) is 0 Å². The van der Waals surface area contributed by atoms with Crippen molar-refractivity contribution in [1.29, 1.82) is 0 Å². The molecule has 0 aromatic rings. The van der Waals surface area contributed by atoms with Crippen LogP contribution in [0.3, 0.4) is 0 Å². The van der Waals surface area contributed by atoms with Crippen molar-refractivity contribution in [3.05, 3.63) is 11.1 Å². The second-order valence-corrected chi connectivity index (χ2v) is 7.87. The molecule has 104 valence electrons. The number of allylic oxidation sites excluding steroid dienone is 2. The second kappa shape index (κ2) is 4.55. The van der Waals surface area contributed by atoms with Crippen LogP contribution in [0.25, 0.3) is 0 Å². The Morgan fingerprint density at radius 1 is 1.42 bits per heavy atom. The molecule has 1 saturated carbocycles. The molecule has 4 aliphatic rings. The maximum absolute atomic E-state index is 2.63. The minimum atomic E-state index is 0.608. The molecular formula is C16H24IN2+. The lowest BCUT2D eigenvalue weighted by Gasteiger charge is -2.29. The molecule has 0 bridgehead atoms. The highest BCUT2D eigenvalue weighted by atomic mass is 127. The molecule has 4 rings (SSSR count). The van der Waals surface area contributed by atoms with Gasteiger partial charge in [-0.25, -0.2) is 4.58 Å². The van der Waals surface area contributed by atoms with Gasteiger partial charge in [0.2, 0.25) is 0 Å². The largest absolute Gasteiger partial charge is 0.294 e. The number of hydrogen-bond donors (Lipinski definition) is 0. The first-order valence-corrected chi connectivity index (χ1v) is 9.31. The number of rotatable bonds is 2. The van der Waals surface area contributed by atoms with Crippen LogP contribution in [0.4, 0.5) is 0 Å². The number of alkyl halides is 1. The summed E-state index contributed by atoms with van der Waals surface area (Å²) in [5, 5.41) is 0. The first kappa shape index (κ1) is 12.8. The summed E-state index contributed by atoms with van der Waals surface area (Å²) in [6.45, 7) is 3.97. The van der Waals surface area contributed by atoms with E-state index >= 15 is 0 Å². The van der Waals surface area contributed by atoms with E-state index in [1.165, 1.54) is 56.3 Å². The molecule has 2 heterocycles. The van der Waals surface area contributed by atoms with Crippen molar-refractivity contribution in [3.63, 3.8) is 0 Å². The van der Waals surface area contributed by atoms with Gasteiger partial charge in [-0.1, -0.05) is 33.7 Å². The van der Waals surface area contributed by atoms with E-state index in [-0.39, 0.29) is 0 Å². The SMILES string of the molecule is C[N+]1=CC2(CC3=C(C4CCCN(CI)CC4)[C@H]3C2)C1. The predicted molar refractivity (Wildman–Crippen MR) is 87.1 cm³/mol. The topological polar surface area (TPSA) is 6.25 Å². The van der Waals surface area contributed by atoms with Gasteiger partial charge in [-0.15, -0.1) is 0 Å². The fourth-order valence-corrected chi connectivity index (χ4v) is 5.63. The maximum Gasteiger partial charge on any atom is 0.157 e. The lowest BCUT2D eigenvalue weighted by Crippen LogP contribution is -2.43. The molecule has 2 unspecified atom stereocenters. The first-order valence-electron chi connectivity index (χ1n) is 7.78. The van der Waals surface area contributed by atoms with Gasteiger partial charge in [0, 0.05) is 5.92 Å². The highest BCUT2D eigenvalue weighted by Crippen LogP contribution is 2.63. The van der Waals surface area contributed by atoms with Crippen molar-refractivity contribution in [2.75, 3.05) is 31.2 Å². The summed E-state index contributed by atoms with van der Waals surface area (Å²) in [6.07, 6.45) is 9.65. The standard InChI is InChI=1S/C16H24IN2/c1-18-9-16(10-18)7-13-14(8-16)15(13)12-3-2-5-19(11-17)6-4-12/h9,12-13H,2-8,10-11H2,1H3/q+1/t12?,13-,16?/m0/s1. The Labute approximate surface area is 130 Å². The Morgan fingerprint density at radius 2 is 2.26 bits per heavy atom. The summed E-state index contributed by atoms with van der Waals surface area (Å²) in [7, 11) is 2.22. The normalized spacial score (nSPS) is 41.9. The van der Waals surface area contributed by atoms with Gasteiger partial charge in [0.05, 0.1) is 4.55 Å². The van der Waals surface area contributed by atoms with Crippen LogP contribution in [0, 0.1) is 17.3 Å². The molecular weight excluding hydrogens is 347 g/mol. The number of hydrogen-bond acceptors (Lipinski definition) is 1. The molecule has 1 saturated heterocycles. The van der Waals surface area contributed by atoms with Crippen molar-refractivity contribution in [2.24, 2.45) is 17.3 Å². The Morgan fingerprint density at radius 3 is 2.89 bits per heavy atom. The molecule has 2 nitrogen and oxygen atoms in total. The predicted octanol–water partition coefficient (Wildman–Crippen LogP) is 2.91. The van der Waals surface area contributed by atoms with E-state index in [1.807, 2.05) is 11.1 Å². The lowest BCUT2D eigenvalue weighted by molar-refractivity contribution is -0.541. The zero-order valence-electron chi connectivity index (χ0n) is 11.9. The first-order chi connectivity index (χ1) is 9.21. The summed E-state index contributed by atoms with van der Waals surface area (Å²) < 4.78 is 3.58. The van der Waals surface area contributed by atoms with Crippen LogP contribution in [0.2, 0.25) is 0 Å². The van der Waals surface area contributed by atoms with Gasteiger partial charge in [0.25, 0.3) is 0 Å². The van der Waals surface area contributed by atoms with Crippen molar-refractivity contribution in [1.82, 2.24) is 4.90 Å².